The largest absolute Gasteiger partial charge is 0.394 e. The van der Waals surface area contributed by atoms with E-state index < -0.39 is 5.54 Å². The van der Waals surface area contributed by atoms with Crippen LogP contribution in [-0.4, -0.2) is 16.7 Å². The number of nitrogen functional groups attached to an aromatic ring is 1. The minimum atomic E-state index is -0.807. The average molecular weight is 167 g/mol. The summed E-state index contributed by atoms with van der Waals surface area (Å²) in [5.74, 6) is 0.372. The van der Waals surface area contributed by atoms with E-state index in [-0.39, 0.29) is 6.61 Å². The molecule has 0 aliphatic carbocycles. The van der Waals surface area contributed by atoms with E-state index in [0.717, 1.165) is 0 Å². The van der Waals surface area contributed by atoms with Crippen LogP contribution in [0.15, 0.2) is 18.3 Å². The monoisotopic (exact) mass is 167 g/mol. The summed E-state index contributed by atoms with van der Waals surface area (Å²) < 4.78 is 0. The molecule has 0 bridgehead atoms. The van der Waals surface area contributed by atoms with Crippen LogP contribution in [-0.2, 0) is 5.54 Å². The van der Waals surface area contributed by atoms with E-state index in [0.29, 0.717) is 11.4 Å². The molecule has 5 N–H and O–H groups in total. The van der Waals surface area contributed by atoms with Crippen LogP contribution in [0.2, 0.25) is 0 Å². The Morgan fingerprint density at radius 1 is 1.67 bits per heavy atom. The second-order valence-electron chi connectivity index (χ2n) is 3.01. The first-order valence-corrected chi connectivity index (χ1v) is 3.68. The highest BCUT2D eigenvalue weighted by Crippen LogP contribution is 2.20. The number of hydrogen-bond donors (Lipinski definition) is 3. The smallest absolute Gasteiger partial charge is 0.128 e. The number of aliphatic hydroxyl groups excluding tert-OH is 1. The number of nitrogens with zero attached hydrogens (tertiary/aromatic N) is 1. The van der Waals surface area contributed by atoms with Gasteiger partial charge in [0.2, 0.25) is 0 Å². The van der Waals surface area contributed by atoms with Gasteiger partial charge in [-0.2, -0.15) is 0 Å². The van der Waals surface area contributed by atoms with Crippen molar-refractivity contribution in [1.82, 2.24) is 4.98 Å². The number of hydrogen-bond acceptors (Lipinski definition) is 4. The molecule has 0 saturated heterocycles. The maximum absolute atomic E-state index is 8.96. The van der Waals surface area contributed by atoms with Crippen LogP contribution in [0.25, 0.3) is 0 Å². The van der Waals surface area contributed by atoms with E-state index in [1.54, 1.807) is 25.3 Å². The van der Waals surface area contributed by atoms with Gasteiger partial charge in [-0.3, -0.25) is 0 Å². The quantitative estimate of drug-likeness (QED) is 0.571. The summed E-state index contributed by atoms with van der Waals surface area (Å²) in [6, 6.07) is 3.50. The van der Waals surface area contributed by atoms with E-state index >= 15 is 0 Å². The molecule has 1 heterocycles. The molecular weight excluding hydrogens is 154 g/mol. The fourth-order valence-electron chi connectivity index (χ4n) is 0.986. The Kier molecular flexibility index (Phi) is 2.30. The standard InChI is InChI=1S/C8H13N3O/c1-8(10,5-12)6-3-2-4-11-7(6)9/h2-4,12H,5,10H2,1H3,(H2,9,11)/t8-/m0/s1. The van der Waals surface area contributed by atoms with Gasteiger partial charge in [-0.15, -0.1) is 0 Å². The van der Waals surface area contributed by atoms with Gasteiger partial charge in [-0.05, 0) is 13.0 Å². The molecule has 66 valence electrons. The lowest BCUT2D eigenvalue weighted by atomic mass is 9.95. The number of aromatic nitrogens is 1. The van der Waals surface area contributed by atoms with Gasteiger partial charge in [0.25, 0.3) is 0 Å². The first kappa shape index (κ1) is 8.96. The van der Waals surface area contributed by atoms with Crippen LogP contribution >= 0.6 is 0 Å². The molecule has 1 aromatic heterocycles. The number of nitrogens with two attached hydrogens (primary N) is 2. The fourth-order valence-corrected chi connectivity index (χ4v) is 0.986. The highest BCUT2D eigenvalue weighted by atomic mass is 16.3. The molecule has 0 spiro atoms. The van der Waals surface area contributed by atoms with Crippen LogP contribution in [0.3, 0.4) is 0 Å². The normalized spacial score (nSPS) is 15.6. The minimum absolute atomic E-state index is 0.150. The molecule has 0 radical (unpaired) electrons. The Balaban J connectivity index is 3.10. The molecule has 0 fully saturated rings. The molecule has 1 atom stereocenters. The SMILES string of the molecule is C[C@](N)(CO)c1cccnc1N. The van der Waals surface area contributed by atoms with Gasteiger partial charge in [0.1, 0.15) is 5.82 Å². The van der Waals surface area contributed by atoms with E-state index in [2.05, 4.69) is 4.98 Å². The zero-order chi connectivity index (χ0) is 9.19. The van der Waals surface area contributed by atoms with Crippen molar-refractivity contribution in [2.45, 2.75) is 12.5 Å². The maximum atomic E-state index is 8.96. The highest BCUT2D eigenvalue weighted by molar-refractivity contribution is 5.43. The molecule has 4 heteroatoms. The van der Waals surface area contributed by atoms with E-state index in [9.17, 15) is 0 Å². The van der Waals surface area contributed by atoms with Crippen LogP contribution in [0, 0.1) is 0 Å². The minimum Gasteiger partial charge on any atom is -0.394 e. The molecule has 4 nitrogen and oxygen atoms in total. The third-order valence-electron chi connectivity index (χ3n) is 1.78. The van der Waals surface area contributed by atoms with Crippen molar-refractivity contribution in [2.24, 2.45) is 5.73 Å². The summed E-state index contributed by atoms with van der Waals surface area (Å²) in [7, 11) is 0. The van der Waals surface area contributed by atoms with Crippen LogP contribution in [0.1, 0.15) is 12.5 Å². The van der Waals surface area contributed by atoms with Crippen molar-refractivity contribution < 1.29 is 5.11 Å². The third kappa shape index (κ3) is 1.54. The zero-order valence-corrected chi connectivity index (χ0v) is 6.99. The van der Waals surface area contributed by atoms with Gasteiger partial charge in [-0.25, -0.2) is 4.98 Å². The Labute approximate surface area is 71.2 Å². The van der Waals surface area contributed by atoms with E-state index in [1.165, 1.54) is 0 Å². The number of rotatable bonds is 2. The third-order valence-corrected chi connectivity index (χ3v) is 1.78. The van der Waals surface area contributed by atoms with Crippen molar-refractivity contribution in [3.05, 3.63) is 23.9 Å². The van der Waals surface area contributed by atoms with Crippen molar-refractivity contribution >= 4 is 5.82 Å². The van der Waals surface area contributed by atoms with Crippen molar-refractivity contribution in [2.75, 3.05) is 12.3 Å². The second kappa shape index (κ2) is 3.08. The maximum Gasteiger partial charge on any atom is 0.128 e. The van der Waals surface area contributed by atoms with Gasteiger partial charge in [0, 0.05) is 11.8 Å². The molecule has 1 aromatic rings. The predicted octanol–water partition coefficient (Wildman–Crippen LogP) is -0.170. The summed E-state index contributed by atoms with van der Waals surface area (Å²) in [6.45, 7) is 1.56. The lowest BCUT2D eigenvalue weighted by molar-refractivity contribution is 0.210. The number of pyridine rings is 1. The van der Waals surface area contributed by atoms with E-state index in [1.807, 2.05) is 0 Å². The summed E-state index contributed by atoms with van der Waals surface area (Å²) >= 11 is 0. The van der Waals surface area contributed by atoms with Gasteiger partial charge in [-0.1, -0.05) is 6.07 Å². The first-order chi connectivity index (χ1) is 5.58. The molecule has 0 unspecified atom stereocenters. The second-order valence-corrected chi connectivity index (χ2v) is 3.01. The van der Waals surface area contributed by atoms with Crippen molar-refractivity contribution in [3.8, 4) is 0 Å². The lowest BCUT2D eigenvalue weighted by Crippen LogP contribution is -2.37. The van der Waals surface area contributed by atoms with Gasteiger partial charge in [0.15, 0.2) is 0 Å². The summed E-state index contributed by atoms with van der Waals surface area (Å²) in [4.78, 5) is 3.88. The van der Waals surface area contributed by atoms with Crippen molar-refractivity contribution in [1.29, 1.82) is 0 Å². The Morgan fingerprint density at radius 2 is 2.33 bits per heavy atom. The van der Waals surface area contributed by atoms with Gasteiger partial charge in [0.05, 0.1) is 12.1 Å². The van der Waals surface area contributed by atoms with Crippen LogP contribution in [0.4, 0.5) is 5.82 Å². The summed E-state index contributed by atoms with van der Waals surface area (Å²) in [5.41, 5.74) is 11.2. The molecule has 12 heavy (non-hydrogen) atoms. The van der Waals surface area contributed by atoms with Crippen LogP contribution < -0.4 is 11.5 Å². The molecule has 0 aromatic carbocycles. The Morgan fingerprint density at radius 3 is 2.83 bits per heavy atom. The van der Waals surface area contributed by atoms with Crippen molar-refractivity contribution in [3.63, 3.8) is 0 Å². The summed E-state index contributed by atoms with van der Waals surface area (Å²) in [6.07, 6.45) is 1.59. The molecule has 0 aliphatic heterocycles. The highest BCUT2D eigenvalue weighted by Gasteiger charge is 2.22. The average Bonchev–Trinajstić information content (AvgIpc) is 2.05. The molecule has 0 saturated carbocycles. The Bertz CT molecular complexity index is 273. The van der Waals surface area contributed by atoms with Gasteiger partial charge >= 0.3 is 0 Å². The predicted molar refractivity (Wildman–Crippen MR) is 47.3 cm³/mol. The fraction of sp³-hybridized carbons (Fsp3) is 0.375. The first-order valence-electron chi connectivity index (χ1n) is 3.68. The topological polar surface area (TPSA) is 85.2 Å². The number of aliphatic hydroxyl groups is 1. The molecule has 0 aliphatic rings. The van der Waals surface area contributed by atoms with Crippen LogP contribution in [0.5, 0.6) is 0 Å². The molecule has 1 rings (SSSR count). The zero-order valence-electron chi connectivity index (χ0n) is 6.99. The lowest BCUT2D eigenvalue weighted by Gasteiger charge is -2.22. The van der Waals surface area contributed by atoms with Gasteiger partial charge < -0.3 is 16.6 Å². The molecular formula is C8H13N3O. The Hall–Kier alpha value is -1.13. The number of anilines is 1. The van der Waals surface area contributed by atoms with E-state index in [4.69, 9.17) is 16.6 Å². The summed E-state index contributed by atoms with van der Waals surface area (Å²) in [5, 5.41) is 8.96. The molecule has 0 amide bonds.